The van der Waals surface area contributed by atoms with Crippen LogP contribution in [0.4, 0.5) is 8.78 Å². The van der Waals surface area contributed by atoms with E-state index in [0.717, 1.165) is 18.2 Å². The molecular formula is C8H8F2NOP. The number of benzene rings is 1. The van der Waals surface area contributed by atoms with Crippen LogP contribution in [0.2, 0.25) is 0 Å². The third kappa shape index (κ3) is 2.54. The molecule has 70 valence electrons. The smallest absolute Gasteiger partial charge is 0.179 e. The second-order valence-corrected chi connectivity index (χ2v) is 2.84. The maximum atomic E-state index is 12.9. The largest absolute Gasteiger partial charge is 0.293 e. The first-order chi connectivity index (χ1) is 6.15. The lowest BCUT2D eigenvalue weighted by Crippen LogP contribution is -2.15. The Bertz CT molecular complexity index is 330. The SMILES string of the molecule is O=C(CNP)c1cc(F)ccc1F. The van der Waals surface area contributed by atoms with Gasteiger partial charge in [-0.2, -0.15) is 0 Å². The Morgan fingerprint density at radius 3 is 2.77 bits per heavy atom. The van der Waals surface area contributed by atoms with Gasteiger partial charge in [0.2, 0.25) is 0 Å². The number of carbonyl (C=O) groups is 1. The molecule has 0 spiro atoms. The minimum Gasteiger partial charge on any atom is -0.293 e. The second-order valence-electron chi connectivity index (χ2n) is 2.43. The molecule has 0 heterocycles. The molecule has 0 amide bonds. The fourth-order valence-corrected chi connectivity index (χ4v) is 1.08. The number of ketones is 1. The average molecular weight is 203 g/mol. The van der Waals surface area contributed by atoms with E-state index in [0.29, 0.717) is 0 Å². The highest BCUT2D eigenvalue weighted by Crippen LogP contribution is 2.09. The summed E-state index contributed by atoms with van der Waals surface area (Å²) < 4.78 is 25.5. The monoisotopic (exact) mass is 203 g/mol. The van der Waals surface area contributed by atoms with E-state index in [1.807, 2.05) is 0 Å². The lowest BCUT2D eigenvalue weighted by molar-refractivity contribution is 0.0993. The molecule has 0 aliphatic heterocycles. The number of carbonyl (C=O) groups excluding carboxylic acids is 1. The Balaban J connectivity index is 2.99. The standard InChI is InChI=1S/C8H8F2NOP/c9-5-1-2-7(10)6(3-5)8(12)4-11-13/h1-3,11H,4,13H2. The number of nitrogens with one attached hydrogen (secondary N) is 1. The number of hydrogen-bond donors (Lipinski definition) is 1. The van der Waals surface area contributed by atoms with Crippen molar-refractivity contribution in [3.05, 3.63) is 35.4 Å². The van der Waals surface area contributed by atoms with Crippen LogP contribution in [0.25, 0.3) is 0 Å². The number of rotatable bonds is 3. The maximum Gasteiger partial charge on any atom is 0.179 e. The predicted molar refractivity (Wildman–Crippen MR) is 48.4 cm³/mol. The van der Waals surface area contributed by atoms with E-state index in [9.17, 15) is 13.6 Å². The second kappa shape index (κ2) is 4.40. The van der Waals surface area contributed by atoms with Gasteiger partial charge in [-0.25, -0.2) is 8.78 Å². The van der Waals surface area contributed by atoms with Crippen LogP contribution >= 0.6 is 9.39 Å². The summed E-state index contributed by atoms with van der Waals surface area (Å²) in [6.07, 6.45) is 0. The first-order valence-corrected chi connectivity index (χ1v) is 4.14. The summed E-state index contributed by atoms with van der Waals surface area (Å²) in [5, 5.41) is 2.49. The molecule has 13 heavy (non-hydrogen) atoms. The van der Waals surface area contributed by atoms with E-state index in [1.165, 1.54) is 0 Å². The molecule has 1 aromatic rings. The van der Waals surface area contributed by atoms with Crippen LogP contribution in [0.3, 0.4) is 0 Å². The third-order valence-electron chi connectivity index (χ3n) is 1.49. The van der Waals surface area contributed by atoms with Crippen LogP contribution in [0, 0.1) is 11.6 Å². The summed E-state index contributed by atoms with van der Waals surface area (Å²) in [5.74, 6) is -1.80. The van der Waals surface area contributed by atoms with Crippen molar-refractivity contribution in [3.63, 3.8) is 0 Å². The molecule has 0 radical (unpaired) electrons. The average Bonchev–Trinajstić information content (AvgIpc) is 2.09. The van der Waals surface area contributed by atoms with Gasteiger partial charge in [-0.3, -0.25) is 9.88 Å². The Morgan fingerprint density at radius 1 is 1.46 bits per heavy atom. The minimum absolute atomic E-state index is 0.0367. The van der Waals surface area contributed by atoms with Crippen LogP contribution in [-0.2, 0) is 0 Å². The van der Waals surface area contributed by atoms with Crippen LogP contribution in [0.15, 0.2) is 18.2 Å². The molecule has 1 unspecified atom stereocenters. The van der Waals surface area contributed by atoms with Crippen LogP contribution in [-0.4, -0.2) is 12.3 Å². The van der Waals surface area contributed by atoms with Gasteiger partial charge in [0.15, 0.2) is 5.78 Å². The highest BCUT2D eigenvalue weighted by Gasteiger charge is 2.11. The summed E-state index contributed by atoms with van der Waals surface area (Å²) in [6, 6.07) is 2.80. The van der Waals surface area contributed by atoms with Crippen molar-refractivity contribution in [2.24, 2.45) is 0 Å². The van der Waals surface area contributed by atoms with Gasteiger partial charge in [-0.1, -0.05) is 9.39 Å². The van der Waals surface area contributed by atoms with Gasteiger partial charge in [0.05, 0.1) is 12.1 Å². The molecule has 0 aromatic heterocycles. The quantitative estimate of drug-likeness (QED) is 0.596. The first-order valence-electron chi connectivity index (χ1n) is 3.57. The fraction of sp³-hybridized carbons (Fsp3) is 0.125. The van der Waals surface area contributed by atoms with E-state index in [-0.39, 0.29) is 12.1 Å². The molecule has 1 N–H and O–H groups in total. The van der Waals surface area contributed by atoms with Crippen molar-refractivity contribution in [2.75, 3.05) is 6.54 Å². The van der Waals surface area contributed by atoms with Crippen molar-refractivity contribution in [1.29, 1.82) is 0 Å². The molecule has 2 nitrogen and oxygen atoms in total. The van der Waals surface area contributed by atoms with Crippen molar-refractivity contribution < 1.29 is 13.6 Å². The molecule has 0 saturated carbocycles. The zero-order valence-corrected chi connectivity index (χ0v) is 7.84. The fourth-order valence-electron chi connectivity index (χ4n) is 0.899. The molecule has 1 rings (SSSR count). The molecule has 0 aliphatic rings. The van der Waals surface area contributed by atoms with Crippen molar-refractivity contribution >= 4 is 15.2 Å². The van der Waals surface area contributed by atoms with Crippen molar-refractivity contribution in [2.45, 2.75) is 0 Å². The molecule has 5 heteroatoms. The minimum atomic E-state index is -0.702. The van der Waals surface area contributed by atoms with Crippen LogP contribution < -0.4 is 5.09 Å². The van der Waals surface area contributed by atoms with E-state index in [4.69, 9.17) is 0 Å². The van der Waals surface area contributed by atoms with Gasteiger partial charge in [-0.15, -0.1) is 0 Å². The van der Waals surface area contributed by atoms with Crippen molar-refractivity contribution in [3.8, 4) is 0 Å². The van der Waals surface area contributed by atoms with Gasteiger partial charge in [0.1, 0.15) is 11.6 Å². The highest BCUT2D eigenvalue weighted by atomic mass is 31.0. The van der Waals surface area contributed by atoms with Crippen LogP contribution in [0.1, 0.15) is 10.4 Å². The lowest BCUT2D eigenvalue weighted by Gasteiger charge is -2.01. The third-order valence-corrected chi connectivity index (χ3v) is 1.70. The van der Waals surface area contributed by atoms with Gasteiger partial charge >= 0.3 is 0 Å². The predicted octanol–water partition coefficient (Wildman–Crippen LogP) is 1.53. The molecule has 1 atom stereocenters. The van der Waals surface area contributed by atoms with Crippen molar-refractivity contribution in [1.82, 2.24) is 5.09 Å². The van der Waals surface area contributed by atoms with E-state index in [1.54, 1.807) is 0 Å². The van der Waals surface area contributed by atoms with E-state index >= 15 is 0 Å². The Hall–Kier alpha value is -0.860. The number of halogens is 2. The Morgan fingerprint density at radius 2 is 2.15 bits per heavy atom. The van der Waals surface area contributed by atoms with Gasteiger partial charge < -0.3 is 0 Å². The van der Waals surface area contributed by atoms with E-state index < -0.39 is 17.4 Å². The molecule has 1 aromatic carbocycles. The summed E-state index contributed by atoms with van der Waals surface area (Å²) in [7, 11) is 2.12. The number of hydrogen-bond acceptors (Lipinski definition) is 2. The Kier molecular flexibility index (Phi) is 3.46. The molecule has 0 saturated heterocycles. The van der Waals surface area contributed by atoms with Gasteiger partial charge in [-0.05, 0) is 18.2 Å². The van der Waals surface area contributed by atoms with Crippen LogP contribution in [0.5, 0.6) is 0 Å². The maximum absolute atomic E-state index is 12.9. The van der Waals surface area contributed by atoms with Gasteiger partial charge in [0.25, 0.3) is 0 Å². The molecule has 0 aliphatic carbocycles. The molecule has 0 bridgehead atoms. The lowest BCUT2D eigenvalue weighted by atomic mass is 10.1. The summed E-state index contributed by atoms with van der Waals surface area (Å²) in [5.41, 5.74) is -0.227. The summed E-state index contributed by atoms with van der Waals surface area (Å²) in [4.78, 5) is 11.1. The molecule has 0 fully saturated rings. The summed E-state index contributed by atoms with van der Waals surface area (Å²) >= 11 is 0. The highest BCUT2D eigenvalue weighted by molar-refractivity contribution is 7.13. The van der Waals surface area contributed by atoms with Gasteiger partial charge in [0, 0.05) is 0 Å². The zero-order valence-electron chi connectivity index (χ0n) is 6.68. The molecular weight excluding hydrogens is 195 g/mol. The topological polar surface area (TPSA) is 29.1 Å². The zero-order chi connectivity index (χ0) is 9.84. The van der Waals surface area contributed by atoms with E-state index in [2.05, 4.69) is 14.5 Å². The normalized spacial score (nSPS) is 10.1. The summed E-state index contributed by atoms with van der Waals surface area (Å²) in [6.45, 7) is -0.0367. The first kappa shape index (κ1) is 10.2. The number of Topliss-reactive ketones (excluding diaryl/α,β-unsaturated/α-hetero) is 1. The Labute approximate surface area is 76.6 Å².